The normalized spacial score (nSPS) is 12.4. The van der Waals surface area contributed by atoms with Crippen molar-refractivity contribution in [3.63, 3.8) is 0 Å². The predicted molar refractivity (Wildman–Crippen MR) is 90.1 cm³/mol. The SMILES string of the molecule is COc1ccc(CC(=O)Nc2cccc3c2C(=O)NC3=O)cc1OC. The highest BCUT2D eigenvalue weighted by Gasteiger charge is 2.29. The Morgan fingerprint density at radius 3 is 2.52 bits per heavy atom. The molecule has 0 fully saturated rings. The first-order chi connectivity index (χ1) is 12.0. The molecule has 0 bridgehead atoms. The maximum absolute atomic E-state index is 12.3. The second-order valence-corrected chi connectivity index (χ2v) is 5.43. The minimum atomic E-state index is -0.512. The molecule has 0 aliphatic carbocycles. The molecule has 2 aromatic rings. The highest BCUT2D eigenvalue weighted by atomic mass is 16.5. The Morgan fingerprint density at radius 1 is 1.04 bits per heavy atom. The number of nitrogens with one attached hydrogen (secondary N) is 2. The molecule has 2 N–H and O–H groups in total. The molecule has 1 aliphatic heterocycles. The van der Waals surface area contributed by atoms with Crippen LogP contribution < -0.4 is 20.1 Å². The summed E-state index contributed by atoms with van der Waals surface area (Å²) in [5.74, 6) is -0.188. The van der Waals surface area contributed by atoms with Crippen molar-refractivity contribution in [3.05, 3.63) is 53.1 Å². The fraction of sp³-hybridized carbons (Fsp3) is 0.167. The molecule has 0 spiro atoms. The molecule has 1 aliphatic rings. The summed E-state index contributed by atoms with van der Waals surface area (Å²) in [6, 6.07) is 9.93. The Hall–Kier alpha value is -3.35. The molecular formula is C18H16N2O5. The van der Waals surface area contributed by atoms with E-state index in [4.69, 9.17) is 9.47 Å². The number of carbonyl (C=O) groups is 3. The lowest BCUT2D eigenvalue weighted by atomic mass is 10.1. The third-order valence-corrected chi connectivity index (χ3v) is 3.85. The second kappa shape index (κ2) is 6.64. The van der Waals surface area contributed by atoms with Crippen LogP contribution in [0.4, 0.5) is 5.69 Å². The van der Waals surface area contributed by atoms with E-state index >= 15 is 0 Å². The van der Waals surface area contributed by atoms with E-state index < -0.39 is 11.8 Å². The standard InChI is InChI=1S/C18H16N2O5/c1-24-13-7-6-10(8-14(13)25-2)9-15(21)19-12-5-3-4-11-16(12)18(23)20-17(11)22/h3-8H,9H2,1-2H3,(H,19,21)(H,20,22,23). The van der Waals surface area contributed by atoms with E-state index in [0.29, 0.717) is 17.2 Å². The number of benzene rings is 2. The van der Waals surface area contributed by atoms with Crippen molar-refractivity contribution >= 4 is 23.4 Å². The lowest BCUT2D eigenvalue weighted by molar-refractivity contribution is -0.115. The van der Waals surface area contributed by atoms with Crippen LogP contribution in [0.25, 0.3) is 0 Å². The number of ether oxygens (including phenoxy) is 2. The van der Waals surface area contributed by atoms with Crippen LogP contribution in [-0.4, -0.2) is 31.9 Å². The van der Waals surface area contributed by atoms with Gasteiger partial charge in [-0.05, 0) is 29.8 Å². The average molecular weight is 340 g/mol. The summed E-state index contributed by atoms with van der Waals surface area (Å²) in [5, 5.41) is 4.90. The summed E-state index contributed by atoms with van der Waals surface area (Å²) >= 11 is 0. The molecule has 0 aromatic heterocycles. The average Bonchev–Trinajstić information content (AvgIpc) is 2.90. The lowest BCUT2D eigenvalue weighted by Gasteiger charge is -2.11. The maximum atomic E-state index is 12.3. The zero-order valence-corrected chi connectivity index (χ0v) is 13.7. The summed E-state index contributed by atoms with van der Waals surface area (Å²) in [4.78, 5) is 35.9. The summed E-state index contributed by atoms with van der Waals surface area (Å²) in [7, 11) is 3.05. The molecule has 2 aromatic carbocycles. The van der Waals surface area contributed by atoms with Gasteiger partial charge in [0.15, 0.2) is 11.5 Å². The van der Waals surface area contributed by atoms with E-state index in [1.54, 1.807) is 36.4 Å². The first-order valence-corrected chi connectivity index (χ1v) is 7.53. The summed E-state index contributed by atoms with van der Waals surface area (Å²) in [6.45, 7) is 0. The molecule has 3 amide bonds. The van der Waals surface area contributed by atoms with Gasteiger partial charge in [0, 0.05) is 0 Å². The van der Waals surface area contributed by atoms with Gasteiger partial charge in [-0.2, -0.15) is 0 Å². The van der Waals surface area contributed by atoms with Gasteiger partial charge in [0.2, 0.25) is 5.91 Å². The Kier molecular flexibility index (Phi) is 4.38. The van der Waals surface area contributed by atoms with Gasteiger partial charge in [0.25, 0.3) is 11.8 Å². The molecular weight excluding hydrogens is 324 g/mol. The Morgan fingerprint density at radius 2 is 1.80 bits per heavy atom. The molecule has 128 valence electrons. The van der Waals surface area contributed by atoms with Crippen LogP contribution >= 0.6 is 0 Å². The third kappa shape index (κ3) is 3.16. The molecule has 0 saturated carbocycles. The van der Waals surface area contributed by atoms with Crippen LogP contribution in [0.3, 0.4) is 0 Å². The summed E-state index contributed by atoms with van der Waals surface area (Å²) in [5.41, 5.74) is 1.48. The minimum absolute atomic E-state index is 0.0829. The number of amides is 3. The van der Waals surface area contributed by atoms with Crippen molar-refractivity contribution in [1.82, 2.24) is 5.32 Å². The van der Waals surface area contributed by atoms with Crippen LogP contribution in [0.15, 0.2) is 36.4 Å². The highest BCUT2D eigenvalue weighted by molar-refractivity contribution is 6.24. The molecule has 25 heavy (non-hydrogen) atoms. The molecule has 0 unspecified atom stereocenters. The lowest BCUT2D eigenvalue weighted by Crippen LogP contribution is -2.21. The number of rotatable bonds is 5. The van der Waals surface area contributed by atoms with Crippen LogP contribution in [0.2, 0.25) is 0 Å². The first kappa shape index (κ1) is 16.5. The maximum Gasteiger partial charge on any atom is 0.261 e. The van der Waals surface area contributed by atoms with Gasteiger partial charge in [-0.3, -0.25) is 19.7 Å². The fourth-order valence-corrected chi connectivity index (χ4v) is 2.69. The van der Waals surface area contributed by atoms with E-state index in [1.165, 1.54) is 14.2 Å². The Balaban J connectivity index is 1.79. The molecule has 0 saturated heterocycles. The van der Waals surface area contributed by atoms with Crippen molar-refractivity contribution in [1.29, 1.82) is 0 Å². The van der Waals surface area contributed by atoms with Crippen LogP contribution in [0.5, 0.6) is 11.5 Å². The molecule has 0 radical (unpaired) electrons. The van der Waals surface area contributed by atoms with Crippen LogP contribution in [-0.2, 0) is 11.2 Å². The highest BCUT2D eigenvalue weighted by Crippen LogP contribution is 2.28. The quantitative estimate of drug-likeness (QED) is 0.809. The van der Waals surface area contributed by atoms with E-state index in [-0.39, 0.29) is 23.5 Å². The number of carbonyl (C=O) groups excluding carboxylic acids is 3. The topological polar surface area (TPSA) is 93.7 Å². The van der Waals surface area contributed by atoms with Crippen LogP contribution in [0.1, 0.15) is 26.3 Å². The van der Waals surface area contributed by atoms with Crippen molar-refractivity contribution in [2.45, 2.75) is 6.42 Å². The molecule has 7 nitrogen and oxygen atoms in total. The first-order valence-electron chi connectivity index (χ1n) is 7.53. The van der Waals surface area contributed by atoms with Gasteiger partial charge in [-0.1, -0.05) is 12.1 Å². The number of imide groups is 1. The Bertz CT molecular complexity index is 876. The number of anilines is 1. The van der Waals surface area contributed by atoms with Crippen molar-refractivity contribution in [3.8, 4) is 11.5 Å². The zero-order chi connectivity index (χ0) is 18.0. The summed E-state index contributed by atoms with van der Waals surface area (Å²) < 4.78 is 10.4. The second-order valence-electron chi connectivity index (χ2n) is 5.43. The molecule has 1 heterocycles. The molecule has 0 atom stereocenters. The third-order valence-electron chi connectivity index (χ3n) is 3.85. The Labute approximate surface area is 143 Å². The van der Waals surface area contributed by atoms with Gasteiger partial charge in [-0.15, -0.1) is 0 Å². The van der Waals surface area contributed by atoms with Crippen molar-refractivity contribution in [2.24, 2.45) is 0 Å². The van der Waals surface area contributed by atoms with Crippen molar-refractivity contribution in [2.75, 3.05) is 19.5 Å². The van der Waals surface area contributed by atoms with Gasteiger partial charge >= 0.3 is 0 Å². The number of hydrogen-bond donors (Lipinski definition) is 2. The largest absolute Gasteiger partial charge is 0.493 e. The minimum Gasteiger partial charge on any atom is -0.493 e. The molecule has 3 rings (SSSR count). The van der Waals surface area contributed by atoms with Crippen LogP contribution in [0, 0.1) is 0 Å². The van der Waals surface area contributed by atoms with E-state index in [2.05, 4.69) is 10.6 Å². The zero-order valence-electron chi connectivity index (χ0n) is 13.7. The monoisotopic (exact) mass is 340 g/mol. The van der Waals surface area contributed by atoms with Crippen molar-refractivity contribution < 1.29 is 23.9 Å². The van der Waals surface area contributed by atoms with Gasteiger partial charge in [0.05, 0.1) is 37.5 Å². The fourth-order valence-electron chi connectivity index (χ4n) is 2.69. The summed E-state index contributed by atoms with van der Waals surface area (Å²) in [6.07, 6.45) is 0.0829. The number of hydrogen-bond acceptors (Lipinski definition) is 5. The number of fused-ring (bicyclic) bond motifs is 1. The predicted octanol–water partition coefficient (Wildman–Crippen LogP) is 1.77. The molecule has 7 heteroatoms. The van der Waals surface area contributed by atoms with Gasteiger partial charge < -0.3 is 14.8 Å². The van der Waals surface area contributed by atoms with E-state index in [0.717, 1.165) is 5.56 Å². The van der Waals surface area contributed by atoms with Gasteiger partial charge in [0.1, 0.15) is 0 Å². The smallest absolute Gasteiger partial charge is 0.261 e. The van der Waals surface area contributed by atoms with Gasteiger partial charge in [-0.25, -0.2) is 0 Å². The van der Waals surface area contributed by atoms with E-state index in [1.807, 2.05) is 0 Å². The van der Waals surface area contributed by atoms with E-state index in [9.17, 15) is 14.4 Å². The number of methoxy groups -OCH3 is 2.